The van der Waals surface area contributed by atoms with Crippen LogP contribution in [0.15, 0.2) is 48.5 Å². The highest BCUT2D eigenvalue weighted by molar-refractivity contribution is 7.99. The molecule has 0 aromatic heterocycles. The van der Waals surface area contributed by atoms with Crippen molar-refractivity contribution < 1.29 is 9.53 Å². The molecule has 2 aromatic rings. The summed E-state index contributed by atoms with van der Waals surface area (Å²) in [5.74, 6) is 2.87. The Morgan fingerprint density at radius 2 is 2.00 bits per heavy atom. The average Bonchev–Trinajstić information content (AvgIpc) is 2.74. The second kappa shape index (κ2) is 10.7. The summed E-state index contributed by atoms with van der Waals surface area (Å²) in [5, 5.41) is 11.5. The van der Waals surface area contributed by atoms with Crippen LogP contribution in [0, 0.1) is 18.3 Å². The van der Waals surface area contributed by atoms with Gasteiger partial charge in [-0.05, 0) is 47.9 Å². The number of hydrogen-bond donors (Lipinski definition) is 1. The summed E-state index contributed by atoms with van der Waals surface area (Å²) in [6.45, 7) is 5.28. The van der Waals surface area contributed by atoms with Crippen molar-refractivity contribution in [1.29, 1.82) is 5.26 Å². The largest absolute Gasteiger partial charge is 0.479 e. The van der Waals surface area contributed by atoms with E-state index in [0.717, 1.165) is 36.4 Å². The maximum Gasteiger partial charge on any atom is 0.248 e. The minimum absolute atomic E-state index is 0.0207. The van der Waals surface area contributed by atoms with Crippen molar-refractivity contribution in [3.63, 3.8) is 0 Å². The second-order valence-electron chi connectivity index (χ2n) is 6.88. The quantitative estimate of drug-likeness (QED) is 0.700. The van der Waals surface area contributed by atoms with Gasteiger partial charge in [0.2, 0.25) is 5.91 Å². The molecule has 1 aliphatic heterocycles. The van der Waals surface area contributed by atoms with Gasteiger partial charge in [-0.1, -0.05) is 24.3 Å². The lowest BCUT2D eigenvalue weighted by molar-refractivity contribution is -0.111. The molecular formula is C23H25N3O2S. The summed E-state index contributed by atoms with van der Waals surface area (Å²) in [6, 6.07) is 15.4. The predicted octanol–water partition coefficient (Wildman–Crippen LogP) is 4.10. The molecule has 5 nitrogen and oxygen atoms in total. The summed E-state index contributed by atoms with van der Waals surface area (Å²) in [7, 11) is 0. The number of nitriles is 1. The summed E-state index contributed by atoms with van der Waals surface area (Å²) in [5.41, 5.74) is 4.06. The summed E-state index contributed by atoms with van der Waals surface area (Å²) in [6.07, 6.45) is 3.27. The molecular weight excluding hydrogens is 382 g/mol. The first-order valence-corrected chi connectivity index (χ1v) is 10.8. The van der Waals surface area contributed by atoms with E-state index in [4.69, 9.17) is 10.00 Å². The third kappa shape index (κ3) is 6.67. The molecule has 1 fully saturated rings. The highest BCUT2D eigenvalue weighted by Gasteiger charge is 2.11. The number of amides is 1. The first-order valence-electron chi connectivity index (χ1n) is 9.62. The Hall–Kier alpha value is -2.75. The predicted molar refractivity (Wildman–Crippen MR) is 119 cm³/mol. The van der Waals surface area contributed by atoms with Crippen LogP contribution in [-0.2, 0) is 11.3 Å². The fourth-order valence-electron chi connectivity index (χ4n) is 3.12. The van der Waals surface area contributed by atoms with Gasteiger partial charge in [0.15, 0.2) is 6.61 Å². The Kier molecular flexibility index (Phi) is 7.74. The summed E-state index contributed by atoms with van der Waals surface area (Å²) >= 11 is 2.01. The number of carbonyl (C=O) groups is 1. The van der Waals surface area contributed by atoms with Crippen molar-refractivity contribution in [2.45, 2.75) is 13.5 Å². The van der Waals surface area contributed by atoms with Crippen LogP contribution in [0.3, 0.4) is 0 Å². The van der Waals surface area contributed by atoms with Gasteiger partial charge in [-0.25, -0.2) is 0 Å². The minimum Gasteiger partial charge on any atom is -0.479 e. The number of carbonyl (C=O) groups excluding carboxylic acids is 1. The third-order valence-electron chi connectivity index (χ3n) is 4.67. The van der Waals surface area contributed by atoms with Crippen molar-refractivity contribution in [2.24, 2.45) is 0 Å². The van der Waals surface area contributed by atoms with Crippen LogP contribution < -0.4 is 10.1 Å². The molecule has 0 spiro atoms. The second-order valence-corrected chi connectivity index (χ2v) is 8.10. The normalized spacial score (nSPS) is 14.5. The number of ether oxygens (including phenoxy) is 1. The number of rotatable bonds is 7. The third-order valence-corrected chi connectivity index (χ3v) is 5.61. The molecule has 1 saturated heterocycles. The molecule has 0 aliphatic carbocycles. The molecule has 1 amide bonds. The van der Waals surface area contributed by atoms with Crippen LogP contribution >= 0.6 is 11.8 Å². The molecule has 6 heteroatoms. The Balaban J connectivity index is 1.54. The molecule has 3 rings (SSSR count). The van der Waals surface area contributed by atoms with E-state index in [1.165, 1.54) is 23.1 Å². The molecule has 0 bridgehead atoms. The average molecular weight is 408 g/mol. The lowest BCUT2D eigenvalue weighted by Gasteiger charge is -2.26. The Bertz CT molecular complexity index is 897. The molecule has 0 saturated carbocycles. The number of benzene rings is 2. The molecule has 0 unspecified atom stereocenters. The van der Waals surface area contributed by atoms with E-state index in [0.29, 0.717) is 5.75 Å². The molecule has 0 atom stereocenters. The number of thioether (sulfide) groups is 1. The van der Waals surface area contributed by atoms with Gasteiger partial charge in [0.25, 0.3) is 0 Å². The van der Waals surface area contributed by atoms with Gasteiger partial charge in [-0.3, -0.25) is 9.69 Å². The van der Waals surface area contributed by atoms with Crippen molar-refractivity contribution in [3.05, 3.63) is 65.2 Å². The molecule has 29 heavy (non-hydrogen) atoms. The molecule has 1 aliphatic rings. The summed E-state index contributed by atoms with van der Waals surface area (Å²) < 4.78 is 5.22. The van der Waals surface area contributed by atoms with Gasteiger partial charge in [0.1, 0.15) is 11.8 Å². The van der Waals surface area contributed by atoms with E-state index >= 15 is 0 Å². The van der Waals surface area contributed by atoms with E-state index in [-0.39, 0.29) is 12.5 Å². The molecule has 150 valence electrons. The lowest BCUT2D eigenvalue weighted by atomic mass is 10.1. The maximum atomic E-state index is 12.3. The van der Waals surface area contributed by atoms with E-state index in [1.807, 2.05) is 43.0 Å². The molecule has 1 N–H and O–H groups in total. The number of nitrogens with one attached hydrogen (secondary N) is 1. The van der Waals surface area contributed by atoms with E-state index in [1.54, 1.807) is 18.2 Å². The van der Waals surface area contributed by atoms with Crippen LogP contribution in [0.1, 0.15) is 16.7 Å². The SMILES string of the molecule is Cc1cc(CN2CCSCC2)ccc1NC(=O)/C=C/c1ccc(OCC#N)cc1. The van der Waals surface area contributed by atoms with Crippen LogP contribution in [-0.4, -0.2) is 42.0 Å². The van der Waals surface area contributed by atoms with E-state index in [9.17, 15) is 4.79 Å². The van der Waals surface area contributed by atoms with E-state index < -0.39 is 0 Å². The smallest absolute Gasteiger partial charge is 0.248 e. The van der Waals surface area contributed by atoms with Crippen LogP contribution in [0.2, 0.25) is 0 Å². The van der Waals surface area contributed by atoms with Crippen molar-refractivity contribution >= 4 is 29.4 Å². The van der Waals surface area contributed by atoms with Crippen LogP contribution in [0.5, 0.6) is 5.75 Å². The Morgan fingerprint density at radius 1 is 1.24 bits per heavy atom. The molecule has 0 radical (unpaired) electrons. The number of anilines is 1. The zero-order valence-corrected chi connectivity index (χ0v) is 17.4. The van der Waals surface area contributed by atoms with Crippen molar-refractivity contribution in [2.75, 3.05) is 36.5 Å². The first kappa shape index (κ1) is 21.0. The maximum absolute atomic E-state index is 12.3. The van der Waals surface area contributed by atoms with Gasteiger partial charge in [0, 0.05) is 42.9 Å². The van der Waals surface area contributed by atoms with Crippen molar-refractivity contribution in [1.82, 2.24) is 4.90 Å². The Morgan fingerprint density at radius 3 is 2.69 bits per heavy atom. The highest BCUT2D eigenvalue weighted by Crippen LogP contribution is 2.20. The number of nitrogens with zero attached hydrogens (tertiary/aromatic N) is 2. The van der Waals surface area contributed by atoms with Gasteiger partial charge < -0.3 is 10.1 Å². The standard InChI is InChI=1S/C23H25N3O2S/c1-18-16-20(17-26-11-14-29-15-12-26)4-8-22(18)25-23(27)9-5-19-2-6-21(7-3-19)28-13-10-24/h2-9,16H,11-15,17H2,1H3,(H,25,27)/b9-5+. The molecule has 2 aromatic carbocycles. The fraction of sp³-hybridized carbons (Fsp3) is 0.304. The van der Waals surface area contributed by atoms with Gasteiger partial charge in [-0.2, -0.15) is 17.0 Å². The van der Waals surface area contributed by atoms with Gasteiger partial charge in [-0.15, -0.1) is 0 Å². The topological polar surface area (TPSA) is 65.4 Å². The van der Waals surface area contributed by atoms with E-state index in [2.05, 4.69) is 22.3 Å². The monoisotopic (exact) mass is 407 g/mol. The number of hydrogen-bond acceptors (Lipinski definition) is 5. The zero-order valence-electron chi connectivity index (χ0n) is 16.6. The lowest BCUT2D eigenvalue weighted by Crippen LogP contribution is -2.31. The first-order chi connectivity index (χ1) is 14.1. The Labute approximate surface area is 176 Å². The van der Waals surface area contributed by atoms with Crippen LogP contribution in [0.25, 0.3) is 6.08 Å². The highest BCUT2D eigenvalue weighted by atomic mass is 32.2. The fourth-order valence-corrected chi connectivity index (χ4v) is 4.10. The minimum atomic E-state index is -0.168. The number of aryl methyl sites for hydroxylation is 1. The molecule has 1 heterocycles. The zero-order chi connectivity index (χ0) is 20.5. The van der Waals surface area contributed by atoms with Gasteiger partial charge in [0.05, 0.1) is 0 Å². The summed E-state index contributed by atoms with van der Waals surface area (Å²) in [4.78, 5) is 14.8. The van der Waals surface area contributed by atoms with Crippen molar-refractivity contribution in [3.8, 4) is 11.8 Å². The van der Waals surface area contributed by atoms with Crippen LogP contribution in [0.4, 0.5) is 5.69 Å². The van der Waals surface area contributed by atoms with Gasteiger partial charge >= 0.3 is 0 Å².